The third kappa shape index (κ3) is 2.27. The molecule has 0 saturated heterocycles. The minimum Gasteiger partial charge on any atom is -0.496 e. The second-order valence-corrected chi connectivity index (χ2v) is 4.73. The molecule has 1 aliphatic rings. The van der Waals surface area contributed by atoms with Crippen molar-refractivity contribution in [3.8, 4) is 5.75 Å². The van der Waals surface area contributed by atoms with Crippen LogP contribution in [0.3, 0.4) is 0 Å². The molecule has 1 saturated carbocycles. The molecule has 0 aliphatic heterocycles. The lowest BCUT2D eigenvalue weighted by molar-refractivity contribution is 0.210. The van der Waals surface area contributed by atoms with Gasteiger partial charge in [0.2, 0.25) is 0 Å². The topological polar surface area (TPSA) is 29.5 Å². The van der Waals surface area contributed by atoms with Gasteiger partial charge in [-0.15, -0.1) is 0 Å². The van der Waals surface area contributed by atoms with Crippen LogP contribution in [-0.4, -0.2) is 18.8 Å². The predicted octanol–water partition coefficient (Wildman–Crippen LogP) is 2.66. The molecule has 82 valence electrons. The molecule has 1 N–H and O–H groups in total. The van der Waals surface area contributed by atoms with Crippen LogP contribution in [0, 0.1) is 5.41 Å². The summed E-state index contributed by atoms with van der Waals surface area (Å²) < 4.78 is 5.28. The third-order valence-corrected chi connectivity index (χ3v) is 3.34. The van der Waals surface area contributed by atoms with Crippen LogP contribution in [0.1, 0.15) is 18.4 Å². The Morgan fingerprint density at radius 2 is 2.20 bits per heavy atom. The second kappa shape index (κ2) is 4.03. The molecular formula is C12H15ClO2. The van der Waals surface area contributed by atoms with Crippen molar-refractivity contribution in [2.24, 2.45) is 5.41 Å². The smallest absolute Gasteiger partial charge is 0.122 e. The molecule has 1 fully saturated rings. The van der Waals surface area contributed by atoms with Gasteiger partial charge in [0, 0.05) is 11.6 Å². The van der Waals surface area contributed by atoms with Crippen molar-refractivity contribution in [2.75, 3.05) is 13.7 Å². The molecule has 0 atom stereocenters. The summed E-state index contributed by atoms with van der Waals surface area (Å²) in [5.74, 6) is 0.860. The molecule has 0 spiro atoms. The first-order valence-corrected chi connectivity index (χ1v) is 5.50. The molecule has 0 aromatic heterocycles. The van der Waals surface area contributed by atoms with E-state index in [9.17, 15) is 5.11 Å². The van der Waals surface area contributed by atoms with Gasteiger partial charge in [0.1, 0.15) is 5.75 Å². The quantitative estimate of drug-likeness (QED) is 0.856. The maximum absolute atomic E-state index is 9.28. The van der Waals surface area contributed by atoms with E-state index >= 15 is 0 Å². The zero-order chi connectivity index (χ0) is 10.9. The van der Waals surface area contributed by atoms with E-state index in [1.807, 2.05) is 18.2 Å². The second-order valence-electron chi connectivity index (χ2n) is 4.29. The Labute approximate surface area is 94.8 Å². The molecule has 1 aromatic rings. The van der Waals surface area contributed by atoms with Crippen LogP contribution < -0.4 is 4.74 Å². The van der Waals surface area contributed by atoms with E-state index in [2.05, 4.69) is 0 Å². The summed E-state index contributed by atoms with van der Waals surface area (Å²) >= 11 is 5.95. The van der Waals surface area contributed by atoms with Gasteiger partial charge in [0.25, 0.3) is 0 Å². The van der Waals surface area contributed by atoms with Crippen LogP contribution in [0.5, 0.6) is 5.75 Å². The molecule has 15 heavy (non-hydrogen) atoms. The Bertz CT molecular complexity index is 359. The summed E-state index contributed by atoms with van der Waals surface area (Å²) in [6.07, 6.45) is 3.05. The predicted molar refractivity (Wildman–Crippen MR) is 60.5 cm³/mol. The molecule has 0 radical (unpaired) electrons. The van der Waals surface area contributed by atoms with Gasteiger partial charge in [-0.3, -0.25) is 0 Å². The molecule has 0 heterocycles. The standard InChI is InChI=1S/C12H15ClO2/c1-15-11-3-2-10(13)6-9(11)7-12(8-14)4-5-12/h2-3,6,14H,4-5,7-8H2,1H3. The van der Waals surface area contributed by atoms with Gasteiger partial charge in [-0.1, -0.05) is 11.6 Å². The molecule has 0 bridgehead atoms. The molecule has 3 heteroatoms. The maximum atomic E-state index is 9.28. The highest BCUT2D eigenvalue weighted by atomic mass is 35.5. The highest BCUT2D eigenvalue weighted by Gasteiger charge is 2.42. The summed E-state index contributed by atoms with van der Waals surface area (Å²) in [6.45, 7) is 0.253. The molecule has 1 aromatic carbocycles. The number of rotatable bonds is 4. The highest BCUT2D eigenvalue weighted by Crippen LogP contribution is 2.49. The molecule has 2 nitrogen and oxygen atoms in total. The summed E-state index contributed by atoms with van der Waals surface area (Å²) in [7, 11) is 1.66. The van der Waals surface area contributed by atoms with E-state index in [1.54, 1.807) is 7.11 Å². The molecular weight excluding hydrogens is 212 g/mol. The van der Waals surface area contributed by atoms with E-state index in [-0.39, 0.29) is 12.0 Å². The van der Waals surface area contributed by atoms with E-state index in [0.29, 0.717) is 0 Å². The van der Waals surface area contributed by atoms with Crippen LogP contribution >= 0.6 is 11.6 Å². The first-order chi connectivity index (χ1) is 7.19. The zero-order valence-electron chi connectivity index (χ0n) is 8.79. The van der Waals surface area contributed by atoms with Crippen molar-refractivity contribution in [1.82, 2.24) is 0 Å². The highest BCUT2D eigenvalue weighted by molar-refractivity contribution is 6.30. The van der Waals surface area contributed by atoms with Gasteiger partial charge in [-0.2, -0.15) is 0 Å². The Morgan fingerprint density at radius 1 is 1.47 bits per heavy atom. The fraction of sp³-hybridized carbons (Fsp3) is 0.500. The number of aliphatic hydroxyl groups excluding tert-OH is 1. The summed E-state index contributed by atoms with van der Waals surface area (Å²) in [5.41, 5.74) is 1.19. The average molecular weight is 227 g/mol. The van der Waals surface area contributed by atoms with Gasteiger partial charge in [-0.05, 0) is 48.4 Å². The summed E-state index contributed by atoms with van der Waals surface area (Å²) in [4.78, 5) is 0. The van der Waals surface area contributed by atoms with Crippen LogP contribution in [0.25, 0.3) is 0 Å². The number of benzene rings is 1. The SMILES string of the molecule is COc1ccc(Cl)cc1CC1(CO)CC1. The van der Waals surface area contributed by atoms with Crippen molar-refractivity contribution in [3.63, 3.8) is 0 Å². The Kier molecular flexibility index (Phi) is 2.89. The minimum atomic E-state index is 0.0952. The maximum Gasteiger partial charge on any atom is 0.122 e. The Morgan fingerprint density at radius 3 is 2.73 bits per heavy atom. The first-order valence-electron chi connectivity index (χ1n) is 5.12. The van der Waals surface area contributed by atoms with Gasteiger partial charge >= 0.3 is 0 Å². The lowest BCUT2D eigenvalue weighted by Crippen LogP contribution is -2.10. The van der Waals surface area contributed by atoms with Crippen LogP contribution in [-0.2, 0) is 6.42 Å². The number of aliphatic hydroxyl groups is 1. The Hall–Kier alpha value is -0.730. The van der Waals surface area contributed by atoms with Crippen molar-refractivity contribution >= 4 is 11.6 Å². The average Bonchev–Trinajstić information content (AvgIpc) is 2.99. The van der Waals surface area contributed by atoms with E-state index < -0.39 is 0 Å². The van der Waals surface area contributed by atoms with E-state index in [1.165, 1.54) is 0 Å². The molecule has 2 rings (SSSR count). The monoisotopic (exact) mass is 226 g/mol. The van der Waals surface area contributed by atoms with E-state index in [4.69, 9.17) is 16.3 Å². The van der Waals surface area contributed by atoms with Gasteiger partial charge in [0.05, 0.1) is 7.11 Å². The fourth-order valence-electron chi connectivity index (χ4n) is 1.86. The molecule has 1 aliphatic carbocycles. The minimum absolute atomic E-state index is 0.0952. The van der Waals surface area contributed by atoms with Crippen molar-refractivity contribution in [2.45, 2.75) is 19.3 Å². The normalized spacial score (nSPS) is 17.5. The lowest BCUT2D eigenvalue weighted by atomic mass is 9.97. The molecule has 0 amide bonds. The number of halogens is 1. The van der Waals surface area contributed by atoms with Gasteiger partial charge < -0.3 is 9.84 Å². The number of methoxy groups -OCH3 is 1. The summed E-state index contributed by atoms with van der Waals surface area (Å²) in [5, 5.41) is 10.00. The van der Waals surface area contributed by atoms with E-state index in [0.717, 1.165) is 35.6 Å². The number of hydrogen-bond donors (Lipinski definition) is 1. The number of ether oxygens (including phenoxy) is 1. The largest absolute Gasteiger partial charge is 0.496 e. The van der Waals surface area contributed by atoms with Crippen molar-refractivity contribution < 1.29 is 9.84 Å². The summed E-state index contributed by atoms with van der Waals surface area (Å²) in [6, 6.07) is 5.63. The van der Waals surface area contributed by atoms with Crippen LogP contribution in [0.4, 0.5) is 0 Å². The van der Waals surface area contributed by atoms with Gasteiger partial charge in [-0.25, -0.2) is 0 Å². The van der Waals surface area contributed by atoms with Crippen LogP contribution in [0.15, 0.2) is 18.2 Å². The molecule has 0 unspecified atom stereocenters. The van der Waals surface area contributed by atoms with Crippen LogP contribution in [0.2, 0.25) is 5.02 Å². The zero-order valence-corrected chi connectivity index (χ0v) is 9.55. The lowest BCUT2D eigenvalue weighted by Gasteiger charge is -2.14. The number of hydrogen-bond acceptors (Lipinski definition) is 2. The van der Waals surface area contributed by atoms with Crippen molar-refractivity contribution in [3.05, 3.63) is 28.8 Å². The fourth-order valence-corrected chi connectivity index (χ4v) is 2.05. The van der Waals surface area contributed by atoms with Crippen molar-refractivity contribution in [1.29, 1.82) is 0 Å². The van der Waals surface area contributed by atoms with Gasteiger partial charge in [0.15, 0.2) is 0 Å². The first kappa shape index (κ1) is 10.8. The Balaban J connectivity index is 2.22. The third-order valence-electron chi connectivity index (χ3n) is 3.10.